The van der Waals surface area contributed by atoms with Crippen molar-refractivity contribution >= 4 is 6.09 Å². The summed E-state index contributed by atoms with van der Waals surface area (Å²) in [4.78, 5) is 13.6. The topological polar surface area (TPSA) is 29.5 Å². The van der Waals surface area contributed by atoms with Crippen molar-refractivity contribution in [3.05, 3.63) is 35.9 Å². The Kier molecular flexibility index (Phi) is 2.31. The first-order valence-electron chi connectivity index (χ1n) is 5.82. The van der Waals surface area contributed by atoms with Gasteiger partial charge in [-0.3, -0.25) is 0 Å². The van der Waals surface area contributed by atoms with Gasteiger partial charge in [0.2, 0.25) is 0 Å². The summed E-state index contributed by atoms with van der Waals surface area (Å²) in [5.41, 5.74) is 1.04. The van der Waals surface area contributed by atoms with E-state index in [0.717, 1.165) is 24.4 Å². The van der Waals surface area contributed by atoms with Crippen LogP contribution in [-0.2, 0) is 11.3 Å². The van der Waals surface area contributed by atoms with Crippen LogP contribution in [0.25, 0.3) is 0 Å². The minimum Gasteiger partial charge on any atom is -0.445 e. The van der Waals surface area contributed by atoms with Crippen molar-refractivity contribution in [3.8, 4) is 0 Å². The Balaban J connectivity index is 1.53. The second kappa shape index (κ2) is 3.81. The molecule has 1 heterocycles. The van der Waals surface area contributed by atoms with E-state index in [1.165, 1.54) is 6.42 Å². The van der Waals surface area contributed by atoms with Gasteiger partial charge < -0.3 is 9.64 Å². The van der Waals surface area contributed by atoms with Crippen molar-refractivity contribution in [1.29, 1.82) is 0 Å². The number of hydrogen-bond acceptors (Lipinski definition) is 2. The molecule has 0 unspecified atom stereocenters. The lowest BCUT2D eigenvalue weighted by Gasteiger charge is -2.17. The number of carbonyl (C=O) groups is 1. The van der Waals surface area contributed by atoms with Gasteiger partial charge >= 0.3 is 6.09 Å². The molecule has 0 bridgehead atoms. The minimum atomic E-state index is -0.145. The number of nitrogens with zero attached hydrogens (tertiary/aromatic N) is 1. The Bertz CT molecular complexity index is 390. The fourth-order valence-electron chi connectivity index (χ4n) is 2.42. The Morgan fingerprint density at radius 2 is 2.19 bits per heavy atom. The molecule has 16 heavy (non-hydrogen) atoms. The van der Waals surface area contributed by atoms with Crippen LogP contribution < -0.4 is 0 Å². The van der Waals surface area contributed by atoms with Crippen LogP contribution >= 0.6 is 0 Å². The van der Waals surface area contributed by atoms with Crippen molar-refractivity contribution < 1.29 is 9.53 Å². The van der Waals surface area contributed by atoms with Crippen LogP contribution in [0.4, 0.5) is 4.79 Å². The van der Waals surface area contributed by atoms with E-state index in [9.17, 15) is 4.79 Å². The maximum Gasteiger partial charge on any atom is 0.410 e. The van der Waals surface area contributed by atoms with Crippen molar-refractivity contribution in [2.45, 2.75) is 25.5 Å². The number of ether oxygens (including phenoxy) is 1. The predicted molar refractivity (Wildman–Crippen MR) is 59.8 cm³/mol. The summed E-state index contributed by atoms with van der Waals surface area (Å²) in [5.74, 6) is 0.768. The molecule has 1 aliphatic carbocycles. The highest BCUT2D eigenvalue weighted by Gasteiger charge is 2.49. The molecule has 1 aliphatic heterocycles. The second-order valence-electron chi connectivity index (χ2n) is 4.59. The third-order valence-electron chi connectivity index (χ3n) is 3.47. The summed E-state index contributed by atoms with van der Waals surface area (Å²) in [6.45, 7) is 1.26. The van der Waals surface area contributed by atoms with Crippen LogP contribution in [0, 0.1) is 5.92 Å². The van der Waals surface area contributed by atoms with Gasteiger partial charge in [0, 0.05) is 12.6 Å². The summed E-state index contributed by atoms with van der Waals surface area (Å²) < 4.78 is 5.30. The highest BCUT2D eigenvalue weighted by molar-refractivity contribution is 5.69. The molecule has 0 aromatic heterocycles. The van der Waals surface area contributed by atoms with Crippen LogP contribution in [0.15, 0.2) is 30.3 Å². The first kappa shape index (κ1) is 9.70. The summed E-state index contributed by atoms with van der Waals surface area (Å²) in [6, 6.07) is 10.3. The summed E-state index contributed by atoms with van der Waals surface area (Å²) >= 11 is 0. The van der Waals surface area contributed by atoms with E-state index in [0.29, 0.717) is 12.6 Å². The standard InChI is InChI=1S/C13H15NO2/c15-13(14-7-6-11-8-12(11)14)16-9-10-4-2-1-3-5-10/h1-5,11-12H,6-9H2/t11-,12+/m0/s1. The van der Waals surface area contributed by atoms with Crippen LogP contribution in [-0.4, -0.2) is 23.6 Å². The van der Waals surface area contributed by atoms with Gasteiger partial charge in [-0.25, -0.2) is 4.79 Å². The number of likely N-dealkylation sites (tertiary alicyclic amines) is 1. The molecule has 1 amide bonds. The molecule has 0 N–H and O–H groups in total. The van der Waals surface area contributed by atoms with E-state index in [1.807, 2.05) is 35.2 Å². The summed E-state index contributed by atoms with van der Waals surface area (Å²) in [7, 11) is 0. The number of rotatable bonds is 2. The van der Waals surface area contributed by atoms with Crippen LogP contribution in [0.1, 0.15) is 18.4 Å². The fraction of sp³-hybridized carbons (Fsp3) is 0.462. The lowest BCUT2D eigenvalue weighted by molar-refractivity contribution is 0.0990. The molecule has 3 heteroatoms. The zero-order chi connectivity index (χ0) is 11.0. The third kappa shape index (κ3) is 1.77. The Morgan fingerprint density at radius 1 is 1.38 bits per heavy atom. The molecule has 3 rings (SSSR count). The monoisotopic (exact) mass is 217 g/mol. The van der Waals surface area contributed by atoms with E-state index in [1.54, 1.807) is 0 Å². The molecule has 1 saturated carbocycles. The molecule has 2 fully saturated rings. The normalized spacial score (nSPS) is 26.4. The molecule has 0 radical (unpaired) electrons. The van der Waals surface area contributed by atoms with Gasteiger partial charge in [0.1, 0.15) is 6.61 Å². The van der Waals surface area contributed by atoms with Crippen molar-refractivity contribution in [2.75, 3.05) is 6.54 Å². The lowest BCUT2D eigenvalue weighted by atomic mass is 10.2. The Labute approximate surface area is 95.0 Å². The maximum atomic E-state index is 11.8. The molecule has 2 atom stereocenters. The van der Waals surface area contributed by atoms with Gasteiger partial charge in [0.05, 0.1) is 0 Å². The molecule has 84 valence electrons. The first-order chi connectivity index (χ1) is 7.84. The van der Waals surface area contributed by atoms with Crippen molar-refractivity contribution in [3.63, 3.8) is 0 Å². The fourth-order valence-corrected chi connectivity index (χ4v) is 2.42. The van der Waals surface area contributed by atoms with Crippen LogP contribution in [0.3, 0.4) is 0 Å². The third-order valence-corrected chi connectivity index (χ3v) is 3.47. The predicted octanol–water partition coefficient (Wildman–Crippen LogP) is 2.42. The quantitative estimate of drug-likeness (QED) is 0.761. The SMILES string of the molecule is O=C(OCc1ccccc1)N1CC[C@H]2C[C@H]21. The smallest absolute Gasteiger partial charge is 0.410 e. The zero-order valence-electron chi connectivity index (χ0n) is 9.13. The molecule has 1 saturated heterocycles. The largest absolute Gasteiger partial charge is 0.445 e. The average molecular weight is 217 g/mol. The molecule has 2 aliphatic rings. The van der Waals surface area contributed by atoms with E-state index in [-0.39, 0.29) is 6.09 Å². The van der Waals surface area contributed by atoms with Gasteiger partial charge in [-0.2, -0.15) is 0 Å². The molecular weight excluding hydrogens is 202 g/mol. The number of piperidine rings is 1. The molecule has 1 aromatic carbocycles. The molecule has 1 aromatic rings. The summed E-state index contributed by atoms with van der Waals surface area (Å²) in [5, 5.41) is 0. The number of benzene rings is 1. The highest BCUT2D eigenvalue weighted by Crippen LogP contribution is 2.44. The average Bonchev–Trinajstić information content (AvgIpc) is 2.99. The number of hydrogen-bond donors (Lipinski definition) is 0. The lowest BCUT2D eigenvalue weighted by Crippen LogP contribution is -2.31. The second-order valence-corrected chi connectivity index (χ2v) is 4.59. The van der Waals surface area contributed by atoms with E-state index >= 15 is 0 Å². The van der Waals surface area contributed by atoms with Gasteiger partial charge in [0.25, 0.3) is 0 Å². The minimum absolute atomic E-state index is 0.145. The molecule has 0 spiro atoms. The van der Waals surface area contributed by atoms with E-state index in [4.69, 9.17) is 4.74 Å². The first-order valence-corrected chi connectivity index (χ1v) is 5.82. The molecular formula is C13H15NO2. The van der Waals surface area contributed by atoms with Gasteiger partial charge in [-0.1, -0.05) is 30.3 Å². The van der Waals surface area contributed by atoms with Crippen LogP contribution in [0.2, 0.25) is 0 Å². The number of amides is 1. The van der Waals surface area contributed by atoms with Crippen molar-refractivity contribution in [2.24, 2.45) is 5.92 Å². The zero-order valence-corrected chi connectivity index (χ0v) is 9.13. The van der Waals surface area contributed by atoms with Crippen LogP contribution in [0.5, 0.6) is 0 Å². The highest BCUT2D eigenvalue weighted by atomic mass is 16.6. The Morgan fingerprint density at radius 3 is 2.81 bits per heavy atom. The summed E-state index contributed by atoms with van der Waals surface area (Å²) in [6.07, 6.45) is 2.19. The van der Waals surface area contributed by atoms with Gasteiger partial charge in [0.15, 0.2) is 0 Å². The van der Waals surface area contributed by atoms with Crippen molar-refractivity contribution in [1.82, 2.24) is 4.90 Å². The van der Waals surface area contributed by atoms with Gasteiger partial charge in [-0.05, 0) is 24.3 Å². The maximum absolute atomic E-state index is 11.8. The number of carbonyl (C=O) groups excluding carboxylic acids is 1. The Hall–Kier alpha value is -1.51. The molecule has 3 nitrogen and oxygen atoms in total. The number of fused-ring (bicyclic) bond motifs is 1. The van der Waals surface area contributed by atoms with E-state index < -0.39 is 0 Å². The van der Waals surface area contributed by atoms with E-state index in [2.05, 4.69) is 0 Å². The van der Waals surface area contributed by atoms with Gasteiger partial charge in [-0.15, -0.1) is 0 Å².